The Balaban J connectivity index is 2.14. The van der Waals surface area contributed by atoms with Crippen molar-refractivity contribution in [1.29, 1.82) is 0 Å². The molecule has 1 N–H and O–H groups in total. The first-order valence-corrected chi connectivity index (χ1v) is 6.81. The number of benzene rings is 1. The molecule has 0 aliphatic heterocycles. The number of hydrogen-bond donors (Lipinski definition) is 1. The summed E-state index contributed by atoms with van der Waals surface area (Å²) >= 11 is 0. The lowest BCUT2D eigenvalue weighted by Crippen LogP contribution is -2.23. The van der Waals surface area contributed by atoms with E-state index in [1.807, 2.05) is 37.3 Å². The molecular weight excluding hydrogens is 254 g/mol. The smallest absolute Gasteiger partial charge is 0.244 e. The number of rotatable bonds is 9. The van der Waals surface area contributed by atoms with Gasteiger partial charge in [-0.15, -0.1) is 0 Å². The summed E-state index contributed by atoms with van der Waals surface area (Å²) in [5.41, 5.74) is 2.21. The number of carbonyl (C=O) groups excluding carboxylic acids is 1. The molecule has 20 heavy (non-hydrogen) atoms. The van der Waals surface area contributed by atoms with Crippen molar-refractivity contribution in [1.82, 2.24) is 5.32 Å². The van der Waals surface area contributed by atoms with Crippen molar-refractivity contribution in [3.8, 4) is 0 Å². The number of methoxy groups -OCH3 is 1. The highest BCUT2D eigenvalue weighted by Crippen LogP contribution is 2.05. The highest BCUT2D eigenvalue weighted by Gasteiger charge is 1.95. The molecule has 1 rings (SSSR count). The third-order valence-electron chi connectivity index (χ3n) is 2.67. The fraction of sp³-hybridized carbons (Fsp3) is 0.438. The summed E-state index contributed by atoms with van der Waals surface area (Å²) in [4.78, 5) is 11.6. The number of nitrogens with one attached hydrogen (secondary N) is 1. The number of ether oxygens (including phenoxy) is 2. The average molecular weight is 277 g/mol. The topological polar surface area (TPSA) is 47.6 Å². The molecule has 1 aromatic carbocycles. The summed E-state index contributed by atoms with van der Waals surface area (Å²) in [6.45, 7) is 4.47. The highest BCUT2D eigenvalue weighted by atomic mass is 16.5. The van der Waals surface area contributed by atoms with Crippen molar-refractivity contribution in [3.05, 3.63) is 41.5 Å². The van der Waals surface area contributed by atoms with E-state index in [0.717, 1.165) is 12.0 Å². The van der Waals surface area contributed by atoms with Crippen molar-refractivity contribution < 1.29 is 14.3 Å². The van der Waals surface area contributed by atoms with Crippen molar-refractivity contribution >= 4 is 12.0 Å². The van der Waals surface area contributed by atoms with Gasteiger partial charge in [-0.05, 0) is 25.0 Å². The number of aryl methyl sites for hydroxylation is 1. The predicted octanol–water partition coefficient (Wildman–Crippen LogP) is 2.18. The van der Waals surface area contributed by atoms with E-state index in [1.165, 1.54) is 5.56 Å². The summed E-state index contributed by atoms with van der Waals surface area (Å²) in [5.74, 6) is -0.0802. The second-order valence-corrected chi connectivity index (χ2v) is 4.50. The first kappa shape index (κ1) is 16.4. The number of amides is 1. The Labute approximate surface area is 120 Å². The van der Waals surface area contributed by atoms with Gasteiger partial charge in [-0.2, -0.15) is 0 Å². The van der Waals surface area contributed by atoms with Crippen LogP contribution in [0.25, 0.3) is 6.08 Å². The highest BCUT2D eigenvalue weighted by molar-refractivity contribution is 5.91. The summed E-state index contributed by atoms with van der Waals surface area (Å²) in [7, 11) is 1.64. The molecule has 0 unspecified atom stereocenters. The first-order chi connectivity index (χ1) is 9.72. The van der Waals surface area contributed by atoms with Crippen molar-refractivity contribution in [3.63, 3.8) is 0 Å². The molecule has 0 aromatic heterocycles. The second-order valence-electron chi connectivity index (χ2n) is 4.50. The van der Waals surface area contributed by atoms with E-state index in [-0.39, 0.29) is 5.91 Å². The largest absolute Gasteiger partial charge is 0.382 e. The van der Waals surface area contributed by atoms with Gasteiger partial charge < -0.3 is 14.8 Å². The second kappa shape index (κ2) is 10.2. The zero-order chi connectivity index (χ0) is 14.6. The summed E-state index contributed by atoms with van der Waals surface area (Å²) in [5, 5.41) is 2.82. The Hall–Kier alpha value is -1.65. The normalized spacial score (nSPS) is 10.9. The van der Waals surface area contributed by atoms with E-state index in [1.54, 1.807) is 13.2 Å². The number of carbonyl (C=O) groups is 1. The zero-order valence-electron chi connectivity index (χ0n) is 12.2. The molecule has 0 bridgehead atoms. The van der Waals surface area contributed by atoms with Gasteiger partial charge in [-0.25, -0.2) is 0 Å². The molecule has 0 fully saturated rings. The molecule has 4 heteroatoms. The fourth-order valence-electron chi connectivity index (χ4n) is 1.63. The van der Waals surface area contributed by atoms with Crippen LogP contribution >= 0.6 is 0 Å². The Kier molecular flexibility index (Phi) is 8.35. The van der Waals surface area contributed by atoms with Gasteiger partial charge in [0.25, 0.3) is 0 Å². The fourth-order valence-corrected chi connectivity index (χ4v) is 1.63. The summed E-state index contributed by atoms with van der Waals surface area (Å²) in [6, 6.07) is 8.01. The maximum atomic E-state index is 11.6. The Morgan fingerprint density at radius 2 is 2.15 bits per heavy atom. The van der Waals surface area contributed by atoms with Crippen LogP contribution < -0.4 is 5.32 Å². The predicted molar refractivity (Wildman–Crippen MR) is 80.5 cm³/mol. The zero-order valence-corrected chi connectivity index (χ0v) is 12.2. The monoisotopic (exact) mass is 277 g/mol. The Morgan fingerprint density at radius 3 is 2.90 bits per heavy atom. The van der Waals surface area contributed by atoms with Gasteiger partial charge in [0, 0.05) is 26.3 Å². The van der Waals surface area contributed by atoms with E-state index in [9.17, 15) is 4.79 Å². The maximum absolute atomic E-state index is 11.6. The minimum Gasteiger partial charge on any atom is -0.382 e. The van der Waals surface area contributed by atoms with Gasteiger partial charge >= 0.3 is 0 Å². The molecule has 0 saturated carbocycles. The molecule has 1 aromatic rings. The van der Waals surface area contributed by atoms with Crippen molar-refractivity contribution in [2.45, 2.75) is 13.3 Å². The molecule has 0 atom stereocenters. The van der Waals surface area contributed by atoms with Crippen molar-refractivity contribution in [2.75, 3.05) is 33.5 Å². The van der Waals surface area contributed by atoms with Crippen LogP contribution in [0.5, 0.6) is 0 Å². The SMILES string of the molecule is COCCOCCCNC(=O)/C=C/c1cccc(C)c1. The quantitative estimate of drug-likeness (QED) is 0.556. The lowest BCUT2D eigenvalue weighted by molar-refractivity contribution is -0.116. The average Bonchev–Trinajstić information content (AvgIpc) is 2.44. The van der Waals surface area contributed by atoms with Crippen LogP contribution in [0.2, 0.25) is 0 Å². The molecule has 0 spiro atoms. The standard InChI is InChI=1S/C16H23NO3/c1-14-5-3-6-15(13-14)7-8-16(18)17-9-4-10-20-12-11-19-2/h3,5-8,13H,4,9-12H2,1-2H3,(H,17,18)/b8-7+. The van der Waals surface area contributed by atoms with Crippen LogP contribution in [0, 0.1) is 6.92 Å². The Bertz CT molecular complexity index is 429. The van der Waals surface area contributed by atoms with Crippen molar-refractivity contribution in [2.24, 2.45) is 0 Å². The van der Waals surface area contributed by atoms with Crippen LogP contribution in [0.15, 0.2) is 30.3 Å². The molecular formula is C16H23NO3. The molecule has 1 amide bonds. The molecule has 0 heterocycles. The van der Waals surface area contributed by atoms with E-state index in [2.05, 4.69) is 5.32 Å². The molecule has 0 aliphatic carbocycles. The van der Waals surface area contributed by atoms with Crippen LogP contribution in [0.1, 0.15) is 17.5 Å². The minimum absolute atomic E-state index is 0.0802. The first-order valence-electron chi connectivity index (χ1n) is 6.81. The van der Waals surface area contributed by atoms with E-state index < -0.39 is 0 Å². The molecule has 0 aliphatic rings. The lowest BCUT2D eigenvalue weighted by atomic mass is 10.1. The van der Waals surface area contributed by atoms with Crippen LogP contribution in [0.3, 0.4) is 0 Å². The summed E-state index contributed by atoms with van der Waals surface area (Å²) in [6.07, 6.45) is 4.17. The van der Waals surface area contributed by atoms with Crippen LogP contribution in [-0.4, -0.2) is 39.4 Å². The third kappa shape index (κ3) is 7.71. The van der Waals surface area contributed by atoms with Gasteiger partial charge in [0.1, 0.15) is 0 Å². The molecule has 4 nitrogen and oxygen atoms in total. The molecule has 0 radical (unpaired) electrons. The van der Waals surface area contributed by atoms with Gasteiger partial charge in [0.05, 0.1) is 13.2 Å². The van der Waals surface area contributed by atoms with Gasteiger partial charge in [0.15, 0.2) is 0 Å². The third-order valence-corrected chi connectivity index (χ3v) is 2.67. The van der Waals surface area contributed by atoms with E-state index in [4.69, 9.17) is 9.47 Å². The summed E-state index contributed by atoms with van der Waals surface area (Å²) < 4.78 is 10.2. The van der Waals surface area contributed by atoms with Crippen LogP contribution in [-0.2, 0) is 14.3 Å². The molecule has 110 valence electrons. The van der Waals surface area contributed by atoms with Gasteiger partial charge in [-0.3, -0.25) is 4.79 Å². The molecule has 0 saturated heterocycles. The van der Waals surface area contributed by atoms with Crippen LogP contribution in [0.4, 0.5) is 0 Å². The van der Waals surface area contributed by atoms with E-state index in [0.29, 0.717) is 26.4 Å². The Morgan fingerprint density at radius 1 is 1.30 bits per heavy atom. The lowest BCUT2D eigenvalue weighted by Gasteiger charge is -2.04. The van der Waals surface area contributed by atoms with Gasteiger partial charge in [0.2, 0.25) is 5.91 Å². The minimum atomic E-state index is -0.0802. The van der Waals surface area contributed by atoms with Gasteiger partial charge in [-0.1, -0.05) is 29.8 Å². The number of hydrogen-bond acceptors (Lipinski definition) is 3. The maximum Gasteiger partial charge on any atom is 0.244 e. The van der Waals surface area contributed by atoms with E-state index >= 15 is 0 Å².